The van der Waals surface area contributed by atoms with Gasteiger partial charge in [-0.2, -0.15) is 0 Å². The standard InChI is InChI=1S/C13H26N2O3/c1-13(14,12(16)18-3)7-4-8-15(9-10-17-2)11-5-6-11/h11H,4-10,14H2,1-3H3. The summed E-state index contributed by atoms with van der Waals surface area (Å²) in [6.45, 7) is 4.42. The molecule has 1 atom stereocenters. The van der Waals surface area contributed by atoms with Crippen molar-refractivity contribution >= 4 is 5.97 Å². The first kappa shape index (κ1) is 15.4. The summed E-state index contributed by atoms with van der Waals surface area (Å²) >= 11 is 0. The molecule has 0 saturated heterocycles. The van der Waals surface area contributed by atoms with Crippen molar-refractivity contribution in [2.24, 2.45) is 5.73 Å². The van der Waals surface area contributed by atoms with Crippen LogP contribution in [0.1, 0.15) is 32.6 Å². The van der Waals surface area contributed by atoms with Crippen LogP contribution in [0.2, 0.25) is 0 Å². The summed E-state index contributed by atoms with van der Waals surface area (Å²) < 4.78 is 9.81. The van der Waals surface area contributed by atoms with Crippen molar-refractivity contribution in [3.63, 3.8) is 0 Å². The van der Waals surface area contributed by atoms with Crippen molar-refractivity contribution in [2.45, 2.75) is 44.2 Å². The number of rotatable bonds is 9. The van der Waals surface area contributed by atoms with Crippen molar-refractivity contribution < 1.29 is 14.3 Å². The summed E-state index contributed by atoms with van der Waals surface area (Å²) in [7, 11) is 3.10. The molecule has 0 aliphatic heterocycles. The minimum Gasteiger partial charge on any atom is -0.468 e. The highest BCUT2D eigenvalue weighted by Crippen LogP contribution is 2.27. The van der Waals surface area contributed by atoms with Crippen LogP contribution in [0.15, 0.2) is 0 Å². The van der Waals surface area contributed by atoms with Gasteiger partial charge >= 0.3 is 5.97 Å². The Balaban J connectivity index is 2.27. The largest absolute Gasteiger partial charge is 0.468 e. The first-order valence-corrected chi connectivity index (χ1v) is 6.61. The molecule has 1 rings (SSSR count). The van der Waals surface area contributed by atoms with Gasteiger partial charge in [0.15, 0.2) is 0 Å². The van der Waals surface area contributed by atoms with E-state index in [2.05, 4.69) is 4.90 Å². The summed E-state index contributed by atoms with van der Waals surface area (Å²) in [6.07, 6.45) is 4.11. The Kier molecular flexibility index (Phi) is 6.05. The highest BCUT2D eigenvalue weighted by molar-refractivity contribution is 5.79. The second-order valence-electron chi connectivity index (χ2n) is 5.27. The molecule has 5 heteroatoms. The van der Waals surface area contributed by atoms with Gasteiger partial charge in [-0.3, -0.25) is 9.69 Å². The van der Waals surface area contributed by atoms with Gasteiger partial charge < -0.3 is 15.2 Å². The molecule has 1 aliphatic rings. The monoisotopic (exact) mass is 258 g/mol. The van der Waals surface area contributed by atoms with Crippen LogP contribution in [0, 0.1) is 0 Å². The normalized spacial score (nSPS) is 18.7. The molecular formula is C13H26N2O3. The van der Waals surface area contributed by atoms with E-state index in [1.54, 1.807) is 14.0 Å². The molecule has 5 nitrogen and oxygen atoms in total. The minimum atomic E-state index is -0.870. The average Bonchev–Trinajstić information content (AvgIpc) is 3.16. The third kappa shape index (κ3) is 4.92. The Morgan fingerprint density at radius 2 is 2.06 bits per heavy atom. The molecule has 1 fully saturated rings. The molecule has 0 bridgehead atoms. The van der Waals surface area contributed by atoms with E-state index >= 15 is 0 Å². The van der Waals surface area contributed by atoms with E-state index in [0.717, 1.165) is 26.1 Å². The number of hydrogen-bond donors (Lipinski definition) is 1. The van der Waals surface area contributed by atoms with Crippen LogP contribution >= 0.6 is 0 Å². The first-order valence-electron chi connectivity index (χ1n) is 6.61. The average molecular weight is 258 g/mol. The van der Waals surface area contributed by atoms with Crippen LogP contribution in [0.25, 0.3) is 0 Å². The molecule has 0 aromatic carbocycles. The smallest absolute Gasteiger partial charge is 0.325 e. The number of nitrogens with two attached hydrogens (primary N) is 1. The maximum absolute atomic E-state index is 11.4. The molecule has 2 N–H and O–H groups in total. The van der Waals surface area contributed by atoms with Crippen LogP contribution in [-0.2, 0) is 14.3 Å². The Bertz CT molecular complexity index is 265. The highest BCUT2D eigenvalue weighted by Gasteiger charge is 2.31. The third-order valence-electron chi connectivity index (χ3n) is 3.44. The molecule has 0 aromatic rings. The fourth-order valence-corrected chi connectivity index (χ4v) is 2.11. The fraction of sp³-hybridized carbons (Fsp3) is 0.923. The molecule has 0 heterocycles. The summed E-state index contributed by atoms with van der Waals surface area (Å²) in [6, 6.07) is 0.710. The zero-order valence-electron chi connectivity index (χ0n) is 11.8. The molecule has 1 saturated carbocycles. The van der Waals surface area contributed by atoms with Gasteiger partial charge in [-0.1, -0.05) is 0 Å². The van der Waals surface area contributed by atoms with Gasteiger partial charge in [0.25, 0.3) is 0 Å². The zero-order chi connectivity index (χ0) is 13.6. The zero-order valence-corrected chi connectivity index (χ0v) is 11.8. The molecular weight excluding hydrogens is 232 g/mol. The van der Waals surface area contributed by atoms with Crippen molar-refractivity contribution in [2.75, 3.05) is 33.9 Å². The van der Waals surface area contributed by atoms with Gasteiger partial charge in [0.2, 0.25) is 0 Å². The second kappa shape index (κ2) is 7.07. The molecule has 0 radical (unpaired) electrons. The predicted octanol–water partition coefficient (Wildman–Crippen LogP) is 0.768. The molecule has 0 amide bonds. The molecule has 1 aliphatic carbocycles. The molecule has 106 valence electrons. The van der Waals surface area contributed by atoms with E-state index in [9.17, 15) is 4.79 Å². The van der Waals surface area contributed by atoms with Crippen LogP contribution in [0.3, 0.4) is 0 Å². The van der Waals surface area contributed by atoms with Crippen LogP contribution in [0.4, 0.5) is 0 Å². The fourth-order valence-electron chi connectivity index (χ4n) is 2.11. The number of nitrogens with zero attached hydrogens (tertiary/aromatic N) is 1. The van der Waals surface area contributed by atoms with Gasteiger partial charge in [-0.05, 0) is 39.2 Å². The van der Waals surface area contributed by atoms with Crippen LogP contribution < -0.4 is 5.73 Å². The summed E-state index contributed by atoms with van der Waals surface area (Å²) in [5.74, 6) is -0.336. The first-order chi connectivity index (χ1) is 8.51. The maximum Gasteiger partial charge on any atom is 0.325 e. The lowest BCUT2D eigenvalue weighted by Gasteiger charge is -2.25. The van der Waals surface area contributed by atoms with Gasteiger partial charge in [-0.15, -0.1) is 0 Å². The molecule has 1 unspecified atom stereocenters. The van der Waals surface area contributed by atoms with E-state index in [0.29, 0.717) is 12.5 Å². The van der Waals surface area contributed by atoms with E-state index in [1.165, 1.54) is 20.0 Å². The minimum absolute atomic E-state index is 0.336. The van der Waals surface area contributed by atoms with Crippen LogP contribution in [-0.4, -0.2) is 56.4 Å². The summed E-state index contributed by atoms with van der Waals surface area (Å²) in [5, 5.41) is 0. The number of carbonyl (C=O) groups is 1. The number of hydrogen-bond acceptors (Lipinski definition) is 5. The van der Waals surface area contributed by atoms with E-state index in [-0.39, 0.29) is 5.97 Å². The van der Waals surface area contributed by atoms with Gasteiger partial charge in [0, 0.05) is 19.7 Å². The predicted molar refractivity (Wildman–Crippen MR) is 70.3 cm³/mol. The van der Waals surface area contributed by atoms with Gasteiger partial charge in [0.05, 0.1) is 13.7 Å². The molecule has 18 heavy (non-hydrogen) atoms. The lowest BCUT2D eigenvalue weighted by molar-refractivity contribution is -0.146. The number of carbonyl (C=O) groups excluding carboxylic acids is 1. The van der Waals surface area contributed by atoms with Gasteiger partial charge in [-0.25, -0.2) is 0 Å². The second-order valence-corrected chi connectivity index (χ2v) is 5.27. The Morgan fingerprint density at radius 3 is 2.56 bits per heavy atom. The Morgan fingerprint density at radius 1 is 1.39 bits per heavy atom. The van der Waals surface area contributed by atoms with E-state index < -0.39 is 5.54 Å². The van der Waals surface area contributed by atoms with Gasteiger partial charge in [0.1, 0.15) is 5.54 Å². The van der Waals surface area contributed by atoms with Crippen molar-refractivity contribution in [1.82, 2.24) is 4.90 Å². The Labute approximate surface area is 110 Å². The van der Waals surface area contributed by atoms with E-state index in [1.807, 2.05) is 0 Å². The number of ether oxygens (including phenoxy) is 2. The number of esters is 1. The van der Waals surface area contributed by atoms with E-state index in [4.69, 9.17) is 15.2 Å². The topological polar surface area (TPSA) is 64.8 Å². The summed E-state index contributed by atoms with van der Waals surface area (Å²) in [4.78, 5) is 13.9. The summed E-state index contributed by atoms with van der Waals surface area (Å²) in [5.41, 5.74) is 5.06. The lowest BCUT2D eigenvalue weighted by Crippen LogP contribution is -2.46. The number of methoxy groups -OCH3 is 2. The lowest BCUT2D eigenvalue weighted by atomic mass is 9.97. The molecule has 0 spiro atoms. The van der Waals surface area contributed by atoms with Crippen LogP contribution in [0.5, 0.6) is 0 Å². The maximum atomic E-state index is 11.4. The van der Waals surface area contributed by atoms with Crippen molar-refractivity contribution in [3.05, 3.63) is 0 Å². The van der Waals surface area contributed by atoms with Crippen molar-refractivity contribution in [3.8, 4) is 0 Å². The van der Waals surface area contributed by atoms with Crippen molar-refractivity contribution in [1.29, 1.82) is 0 Å². The third-order valence-corrected chi connectivity index (χ3v) is 3.44. The molecule has 0 aromatic heterocycles. The highest BCUT2D eigenvalue weighted by atomic mass is 16.5. The quantitative estimate of drug-likeness (QED) is 0.619. The Hall–Kier alpha value is -0.650. The SMILES string of the molecule is COCCN(CCCC(C)(N)C(=O)OC)C1CC1.